The van der Waals surface area contributed by atoms with Gasteiger partial charge in [0.2, 0.25) is 0 Å². The summed E-state index contributed by atoms with van der Waals surface area (Å²) in [6.45, 7) is 0. The minimum Gasteiger partial charge on any atom is -0.497 e. The van der Waals surface area contributed by atoms with Crippen molar-refractivity contribution in [2.45, 2.75) is 4.90 Å². The van der Waals surface area contributed by atoms with Crippen molar-refractivity contribution < 1.29 is 22.9 Å². The van der Waals surface area contributed by atoms with Gasteiger partial charge in [0, 0.05) is 11.6 Å². The van der Waals surface area contributed by atoms with Gasteiger partial charge in [0.25, 0.3) is 5.69 Å². The molecule has 0 spiro atoms. The van der Waals surface area contributed by atoms with Gasteiger partial charge in [-0.25, -0.2) is 8.42 Å². The SMILES string of the molecule is COc1ccc(C(=O)CS(=O)(=O)c2ccc([N+](=O)[O-])c(Cl)c2)cc1. The van der Waals surface area contributed by atoms with Gasteiger partial charge in [-0.05, 0) is 36.4 Å². The number of hydrogen-bond donors (Lipinski definition) is 0. The number of hydrogen-bond acceptors (Lipinski definition) is 6. The van der Waals surface area contributed by atoms with Crippen LogP contribution < -0.4 is 4.74 Å². The molecule has 0 aliphatic heterocycles. The molecule has 0 saturated carbocycles. The Balaban J connectivity index is 2.25. The highest BCUT2D eigenvalue weighted by Gasteiger charge is 2.23. The number of carbonyl (C=O) groups is 1. The molecular weight excluding hydrogens is 358 g/mol. The molecule has 2 rings (SSSR count). The van der Waals surface area contributed by atoms with Crippen LogP contribution in [0.2, 0.25) is 5.02 Å². The van der Waals surface area contributed by atoms with Crippen LogP contribution in [0.1, 0.15) is 10.4 Å². The molecule has 0 aliphatic carbocycles. The summed E-state index contributed by atoms with van der Waals surface area (Å²) in [6, 6.07) is 9.02. The van der Waals surface area contributed by atoms with E-state index in [1.807, 2.05) is 0 Å². The second-order valence-electron chi connectivity index (χ2n) is 4.78. The van der Waals surface area contributed by atoms with Crippen molar-refractivity contribution in [1.29, 1.82) is 0 Å². The molecule has 2 aromatic rings. The molecular formula is C15H12ClNO6S. The molecule has 126 valence electrons. The first-order valence-corrected chi connectivity index (χ1v) is 8.61. The van der Waals surface area contributed by atoms with Gasteiger partial charge in [-0.2, -0.15) is 0 Å². The number of halogens is 1. The molecule has 0 fully saturated rings. The van der Waals surface area contributed by atoms with Crippen molar-refractivity contribution >= 4 is 32.9 Å². The fourth-order valence-corrected chi connectivity index (χ4v) is 3.51. The molecule has 0 aliphatic rings. The lowest BCUT2D eigenvalue weighted by Crippen LogP contribution is -2.16. The van der Waals surface area contributed by atoms with Crippen LogP contribution in [0.15, 0.2) is 47.4 Å². The van der Waals surface area contributed by atoms with Crippen molar-refractivity contribution in [3.63, 3.8) is 0 Å². The first-order chi connectivity index (χ1) is 11.2. The number of ketones is 1. The lowest BCUT2D eigenvalue weighted by molar-refractivity contribution is -0.384. The van der Waals surface area contributed by atoms with Crippen LogP contribution in [0.25, 0.3) is 0 Å². The highest BCUT2D eigenvalue weighted by atomic mass is 35.5. The largest absolute Gasteiger partial charge is 0.497 e. The molecule has 7 nitrogen and oxygen atoms in total. The van der Waals surface area contributed by atoms with E-state index in [-0.39, 0.29) is 15.5 Å². The number of nitro groups is 1. The van der Waals surface area contributed by atoms with Gasteiger partial charge in [0.1, 0.15) is 16.5 Å². The summed E-state index contributed by atoms with van der Waals surface area (Å²) in [5.74, 6) is -0.836. The highest BCUT2D eigenvalue weighted by molar-refractivity contribution is 7.92. The Morgan fingerprint density at radius 1 is 1.21 bits per heavy atom. The average Bonchev–Trinajstić information content (AvgIpc) is 2.54. The second kappa shape index (κ2) is 6.98. The summed E-state index contributed by atoms with van der Waals surface area (Å²) < 4.78 is 29.6. The Bertz CT molecular complexity index is 893. The van der Waals surface area contributed by atoms with Gasteiger partial charge in [0.05, 0.1) is 16.9 Å². The quantitative estimate of drug-likeness (QED) is 0.440. The number of methoxy groups -OCH3 is 1. The van der Waals surface area contributed by atoms with Gasteiger partial charge in [-0.1, -0.05) is 11.6 Å². The minimum atomic E-state index is -3.98. The number of Topliss-reactive ketones (excluding diaryl/α,β-unsaturated/α-hetero) is 1. The van der Waals surface area contributed by atoms with Crippen LogP contribution in [-0.2, 0) is 9.84 Å². The predicted octanol–water partition coefficient (Wildman–Crippen LogP) is 2.91. The Morgan fingerprint density at radius 2 is 1.83 bits per heavy atom. The van der Waals surface area contributed by atoms with Gasteiger partial charge < -0.3 is 4.74 Å². The third-order valence-electron chi connectivity index (χ3n) is 3.21. The lowest BCUT2D eigenvalue weighted by Gasteiger charge is -2.06. The Morgan fingerprint density at radius 3 is 2.33 bits per heavy atom. The van der Waals surface area contributed by atoms with Crippen LogP contribution in [-0.4, -0.2) is 32.0 Å². The lowest BCUT2D eigenvalue weighted by atomic mass is 10.1. The zero-order chi connectivity index (χ0) is 17.9. The molecule has 9 heteroatoms. The maximum atomic E-state index is 12.3. The van der Waals surface area contributed by atoms with E-state index in [4.69, 9.17) is 16.3 Å². The van der Waals surface area contributed by atoms with E-state index in [9.17, 15) is 23.3 Å². The third-order valence-corrected chi connectivity index (χ3v) is 5.13. The standard InChI is InChI=1S/C15H12ClNO6S/c1-23-11-4-2-10(3-5-11)15(18)9-24(21,22)12-6-7-14(17(19)20)13(16)8-12/h2-8H,9H2,1H3. The normalized spacial score (nSPS) is 11.1. The van der Waals surface area contributed by atoms with Crippen LogP contribution in [0.4, 0.5) is 5.69 Å². The van der Waals surface area contributed by atoms with E-state index in [0.717, 1.165) is 18.2 Å². The van der Waals surface area contributed by atoms with Crippen molar-refractivity contribution in [3.05, 3.63) is 63.2 Å². The fourth-order valence-electron chi connectivity index (χ4n) is 1.95. The highest BCUT2D eigenvalue weighted by Crippen LogP contribution is 2.27. The van der Waals surface area contributed by atoms with E-state index in [0.29, 0.717) is 5.75 Å². The molecule has 24 heavy (non-hydrogen) atoms. The van der Waals surface area contributed by atoms with Gasteiger partial charge in [-0.15, -0.1) is 0 Å². The Kier molecular flexibility index (Phi) is 5.20. The molecule has 0 heterocycles. The molecule has 0 atom stereocenters. The zero-order valence-electron chi connectivity index (χ0n) is 12.4. The number of benzene rings is 2. The van der Waals surface area contributed by atoms with Crippen molar-refractivity contribution in [1.82, 2.24) is 0 Å². The van der Waals surface area contributed by atoms with Crippen LogP contribution in [0, 0.1) is 10.1 Å². The van der Waals surface area contributed by atoms with E-state index in [1.54, 1.807) is 12.1 Å². The Labute approximate surface area is 142 Å². The number of sulfone groups is 1. The molecule has 0 amide bonds. The predicted molar refractivity (Wildman–Crippen MR) is 87.5 cm³/mol. The molecule has 2 aromatic carbocycles. The monoisotopic (exact) mass is 369 g/mol. The second-order valence-corrected chi connectivity index (χ2v) is 7.18. The van der Waals surface area contributed by atoms with Crippen LogP contribution in [0.3, 0.4) is 0 Å². The summed E-state index contributed by atoms with van der Waals surface area (Å²) in [5.41, 5.74) is -0.190. The number of nitro benzene ring substituents is 1. The average molecular weight is 370 g/mol. The summed E-state index contributed by atoms with van der Waals surface area (Å²) in [6.07, 6.45) is 0. The fraction of sp³-hybridized carbons (Fsp3) is 0.133. The van der Waals surface area contributed by atoms with Crippen molar-refractivity contribution in [2.75, 3.05) is 12.9 Å². The summed E-state index contributed by atoms with van der Waals surface area (Å²) >= 11 is 5.71. The third kappa shape index (κ3) is 3.90. The van der Waals surface area contributed by atoms with E-state index in [2.05, 4.69) is 0 Å². The van der Waals surface area contributed by atoms with Crippen LogP contribution in [0.5, 0.6) is 5.75 Å². The zero-order valence-corrected chi connectivity index (χ0v) is 14.0. The summed E-state index contributed by atoms with van der Waals surface area (Å²) in [5, 5.41) is 10.4. The number of nitrogens with zero attached hydrogens (tertiary/aromatic N) is 1. The molecule has 0 unspecified atom stereocenters. The molecule has 0 bridgehead atoms. The van der Waals surface area contributed by atoms with Crippen molar-refractivity contribution in [2.24, 2.45) is 0 Å². The summed E-state index contributed by atoms with van der Waals surface area (Å²) in [7, 11) is -2.50. The topological polar surface area (TPSA) is 104 Å². The first kappa shape index (κ1) is 17.9. The molecule has 0 aromatic heterocycles. The summed E-state index contributed by atoms with van der Waals surface area (Å²) in [4.78, 5) is 21.9. The smallest absolute Gasteiger partial charge is 0.287 e. The Hall–Kier alpha value is -2.45. The molecule has 0 saturated heterocycles. The number of ether oxygens (including phenoxy) is 1. The van der Waals surface area contributed by atoms with E-state index in [1.165, 1.54) is 19.2 Å². The number of rotatable bonds is 6. The number of carbonyl (C=O) groups excluding carboxylic acids is 1. The van der Waals surface area contributed by atoms with E-state index < -0.39 is 32.0 Å². The first-order valence-electron chi connectivity index (χ1n) is 6.58. The van der Waals surface area contributed by atoms with Crippen molar-refractivity contribution in [3.8, 4) is 5.75 Å². The van der Waals surface area contributed by atoms with Gasteiger partial charge in [-0.3, -0.25) is 14.9 Å². The molecule has 0 radical (unpaired) electrons. The van der Waals surface area contributed by atoms with Crippen LogP contribution >= 0.6 is 11.6 Å². The maximum Gasteiger partial charge on any atom is 0.287 e. The van der Waals surface area contributed by atoms with E-state index >= 15 is 0 Å². The minimum absolute atomic E-state index is 0.215. The van der Waals surface area contributed by atoms with Gasteiger partial charge >= 0.3 is 0 Å². The van der Waals surface area contributed by atoms with Gasteiger partial charge in [0.15, 0.2) is 15.6 Å². The maximum absolute atomic E-state index is 12.3. The molecule has 0 N–H and O–H groups in total.